The number of hydrogen-bond acceptors (Lipinski definition) is 8. The Balaban J connectivity index is 1.75. The first kappa shape index (κ1) is 27.4. The van der Waals surface area contributed by atoms with Crippen LogP contribution in [0.2, 0.25) is 0 Å². The van der Waals surface area contributed by atoms with Crippen molar-refractivity contribution in [2.75, 3.05) is 72.6 Å². The minimum Gasteiger partial charge on any atom is -0.444 e. The van der Waals surface area contributed by atoms with E-state index in [4.69, 9.17) is 34.0 Å². The van der Waals surface area contributed by atoms with Gasteiger partial charge in [0.05, 0.1) is 59.5 Å². The van der Waals surface area contributed by atoms with Crippen molar-refractivity contribution >= 4 is 6.09 Å². The molecule has 0 aromatic heterocycles. The van der Waals surface area contributed by atoms with Crippen LogP contribution in [0.15, 0.2) is 5.11 Å². The number of carbonyl (C=O) groups excluding carboxylic acids is 1. The van der Waals surface area contributed by atoms with E-state index in [0.717, 1.165) is 12.8 Å². The summed E-state index contributed by atoms with van der Waals surface area (Å²) in [5.41, 5.74) is 7.63. The van der Waals surface area contributed by atoms with Crippen molar-refractivity contribution in [2.45, 2.75) is 45.3 Å². The van der Waals surface area contributed by atoms with Crippen molar-refractivity contribution in [1.29, 1.82) is 0 Å². The quantitative estimate of drug-likeness (QED) is 0.148. The number of carbonyl (C=O) groups is 1. The highest BCUT2D eigenvalue weighted by Crippen LogP contribution is 2.27. The van der Waals surface area contributed by atoms with Crippen LogP contribution in [-0.4, -0.2) is 90.3 Å². The molecule has 0 saturated heterocycles. The molecule has 1 fully saturated rings. The molecule has 0 aromatic carbocycles. The number of nitrogens with zero attached hydrogens (tertiary/aromatic N) is 3. The van der Waals surface area contributed by atoms with E-state index in [1.165, 1.54) is 0 Å². The first-order valence-electron chi connectivity index (χ1n) is 10.8. The predicted octanol–water partition coefficient (Wildman–Crippen LogP) is 2.68. The molecule has 180 valence electrons. The number of hydrogen-bond donors (Lipinski definition) is 1. The summed E-state index contributed by atoms with van der Waals surface area (Å²) in [4.78, 5) is 14.3. The lowest BCUT2D eigenvalue weighted by Gasteiger charge is -2.35. The molecule has 11 nitrogen and oxygen atoms in total. The van der Waals surface area contributed by atoms with Crippen molar-refractivity contribution in [3.8, 4) is 0 Å². The molecule has 0 aliphatic heterocycles. The van der Waals surface area contributed by atoms with E-state index >= 15 is 0 Å². The van der Waals surface area contributed by atoms with Crippen LogP contribution < -0.4 is 5.32 Å². The second-order valence-electron chi connectivity index (χ2n) is 8.16. The highest BCUT2D eigenvalue weighted by atomic mass is 16.6. The summed E-state index contributed by atoms with van der Waals surface area (Å²) in [6.45, 7) is 11.0. The van der Waals surface area contributed by atoms with Gasteiger partial charge < -0.3 is 33.7 Å². The van der Waals surface area contributed by atoms with E-state index in [-0.39, 0.29) is 12.1 Å². The zero-order chi connectivity index (χ0) is 22.8. The molecule has 31 heavy (non-hydrogen) atoms. The standard InChI is InChI=1S/C20H38N4O7/c1-20(2,3)31-19(25)23-18-14-17(15-18)16-30-13-12-29-11-10-28-9-8-27-7-6-26-5-4-22-24-21/h17-18H,4-16H2,1-3H3,(H,23,25)/t17-,18-. The Morgan fingerprint density at radius 2 is 1.39 bits per heavy atom. The van der Waals surface area contributed by atoms with E-state index in [1.807, 2.05) is 20.8 Å². The molecular formula is C20H38N4O7. The maximum atomic E-state index is 11.7. The molecule has 0 atom stereocenters. The molecule has 11 heteroatoms. The van der Waals surface area contributed by atoms with Crippen LogP contribution in [0.1, 0.15) is 33.6 Å². The molecule has 1 aliphatic carbocycles. The van der Waals surface area contributed by atoms with Crippen LogP contribution in [0.3, 0.4) is 0 Å². The third-order valence-electron chi connectivity index (χ3n) is 4.20. The van der Waals surface area contributed by atoms with Gasteiger partial charge in [-0.25, -0.2) is 4.79 Å². The number of amides is 1. The summed E-state index contributed by atoms with van der Waals surface area (Å²) < 4.78 is 32.3. The maximum Gasteiger partial charge on any atom is 0.407 e. The first-order chi connectivity index (χ1) is 14.9. The Hall–Kier alpha value is -1.62. The third-order valence-corrected chi connectivity index (χ3v) is 4.20. The molecular weight excluding hydrogens is 408 g/mol. The van der Waals surface area contributed by atoms with Gasteiger partial charge in [0.15, 0.2) is 0 Å². The Morgan fingerprint density at radius 3 is 1.87 bits per heavy atom. The van der Waals surface area contributed by atoms with E-state index in [0.29, 0.717) is 78.5 Å². The van der Waals surface area contributed by atoms with Gasteiger partial charge in [0.1, 0.15) is 5.60 Å². The normalized spacial score (nSPS) is 18.2. The fourth-order valence-corrected chi connectivity index (χ4v) is 2.74. The minimum atomic E-state index is -0.471. The Morgan fingerprint density at radius 1 is 0.903 bits per heavy atom. The fourth-order valence-electron chi connectivity index (χ4n) is 2.74. The summed E-state index contributed by atoms with van der Waals surface area (Å²) in [6, 6.07) is 0.178. The average Bonchev–Trinajstić information content (AvgIpc) is 2.66. The molecule has 0 heterocycles. The van der Waals surface area contributed by atoms with Gasteiger partial charge in [-0.1, -0.05) is 5.11 Å². The molecule has 0 radical (unpaired) electrons. The third kappa shape index (κ3) is 16.7. The lowest BCUT2D eigenvalue weighted by Crippen LogP contribution is -2.47. The summed E-state index contributed by atoms with van der Waals surface area (Å²) in [7, 11) is 0. The molecule has 1 saturated carbocycles. The molecule has 0 spiro atoms. The second-order valence-corrected chi connectivity index (χ2v) is 8.16. The number of ether oxygens (including phenoxy) is 6. The number of alkyl carbamates (subject to hydrolysis) is 1. The molecule has 0 aromatic rings. The monoisotopic (exact) mass is 446 g/mol. The van der Waals surface area contributed by atoms with Gasteiger partial charge in [0, 0.05) is 24.1 Å². The molecule has 0 bridgehead atoms. The van der Waals surface area contributed by atoms with Crippen LogP contribution in [0.5, 0.6) is 0 Å². The van der Waals surface area contributed by atoms with Crippen molar-refractivity contribution in [1.82, 2.24) is 5.32 Å². The van der Waals surface area contributed by atoms with Gasteiger partial charge in [0.25, 0.3) is 0 Å². The zero-order valence-corrected chi connectivity index (χ0v) is 19.0. The van der Waals surface area contributed by atoms with Crippen molar-refractivity contribution in [3.63, 3.8) is 0 Å². The summed E-state index contributed by atoms with van der Waals surface area (Å²) >= 11 is 0. The van der Waals surface area contributed by atoms with Crippen molar-refractivity contribution in [3.05, 3.63) is 10.4 Å². The molecule has 1 amide bonds. The van der Waals surface area contributed by atoms with Crippen LogP contribution >= 0.6 is 0 Å². The van der Waals surface area contributed by atoms with Crippen LogP contribution in [-0.2, 0) is 28.4 Å². The summed E-state index contributed by atoms with van der Waals surface area (Å²) in [6.07, 6.45) is 1.47. The van der Waals surface area contributed by atoms with Gasteiger partial charge in [-0.05, 0) is 45.1 Å². The largest absolute Gasteiger partial charge is 0.444 e. The first-order valence-corrected chi connectivity index (χ1v) is 10.8. The molecule has 1 rings (SSSR count). The SMILES string of the molecule is CC(C)(C)OC(=O)N[C@H]1C[C@H](COCCOCCOCCOCCOCCN=[N+]=[N-])C1. The number of nitrogens with one attached hydrogen (secondary N) is 1. The Kier molecular flexibility index (Phi) is 15.0. The van der Waals surface area contributed by atoms with Gasteiger partial charge in [0.2, 0.25) is 0 Å². The van der Waals surface area contributed by atoms with Crippen LogP contribution in [0.25, 0.3) is 10.4 Å². The maximum absolute atomic E-state index is 11.7. The second kappa shape index (κ2) is 17.0. The summed E-state index contributed by atoms with van der Waals surface area (Å²) in [5, 5.41) is 6.24. The fraction of sp³-hybridized carbons (Fsp3) is 0.950. The number of rotatable bonds is 18. The van der Waals surface area contributed by atoms with E-state index in [1.54, 1.807) is 0 Å². The highest BCUT2D eigenvalue weighted by molar-refractivity contribution is 5.68. The van der Waals surface area contributed by atoms with Gasteiger partial charge >= 0.3 is 6.09 Å². The average molecular weight is 447 g/mol. The Labute approximate surface area is 184 Å². The zero-order valence-electron chi connectivity index (χ0n) is 19.0. The van der Waals surface area contributed by atoms with E-state index < -0.39 is 5.60 Å². The van der Waals surface area contributed by atoms with Gasteiger partial charge in [-0.15, -0.1) is 0 Å². The lowest BCUT2D eigenvalue weighted by molar-refractivity contribution is -0.0182. The van der Waals surface area contributed by atoms with Crippen LogP contribution in [0, 0.1) is 5.92 Å². The highest BCUT2D eigenvalue weighted by Gasteiger charge is 2.31. The minimum absolute atomic E-state index is 0.178. The van der Waals surface area contributed by atoms with Crippen molar-refractivity contribution in [2.24, 2.45) is 11.0 Å². The summed E-state index contributed by atoms with van der Waals surface area (Å²) in [5.74, 6) is 0.472. The van der Waals surface area contributed by atoms with Crippen LogP contribution in [0.4, 0.5) is 4.79 Å². The molecule has 1 N–H and O–H groups in total. The smallest absolute Gasteiger partial charge is 0.407 e. The Bertz CT molecular complexity index is 518. The van der Waals surface area contributed by atoms with Gasteiger partial charge in [-0.2, -0.15) is 0 Å². The molecule has 1 aliphatic rings. The van der Waals surface area contributed by atoms with Gasteiger partial charge in [-0.3, -0.25) is 0 Å². The van der Waals surface area contributed by atoms with E-state index in [2.05, 4.69) is 15.3 Å². The lowest BCUT2D eigenvalue weighted by atomic mass is 9.81. The topological polar surface area (TPSA) is 133 Å². The van der Waals surface area contributed by atoms with E-state index in [9.17, 15) is 4.79 Å². The predicted molar refractivity (Wildman–Crippen MR) is 114 cm³/mol. The van der Waals surface area contributed by atoms with Crippen molar-refractivity contribution < 1.29 is 33.2 Å². The molecule has 0 unspecified atom stereocenters. The number of azide groups is 1.